The molecule has 1 atom stereocenters. The van der Waals surface area contributed by atoms with Crippen molar-refractivity contribution in [3.8, 4) is 0 Å². The molecule has 3 rings (SSSR count). The van der Waals surface area contributed by atoms with E-state index in [1.165, 1.54) is 13.0 Å². The van der Waals surface area contributed by atoms with Crippen LogP contribution in [0.15, 0.2) is 47.4 Å². The van der Waals surface area contributed by atoms with Crippen molar-refractivity contribution in [1.29, 1.82) is 0 Å². The van der Waals surface area contributed by atoms with Crippen LogP contribution in [0.3, 0.4) is 0 Å². The van der Waals surface area contributed by atoms with Gasteiger partial charge >= 0.3 is 0 Å². The molecular weight excluding hydrogens is 376 g/mol. The Morgan fingerprint density at radius 1 is 1.18 bits per heavy atom. The number of hydrogen-bond donors (Lipinski definition) is 1. The molecule has 1 N–H and O–H groups in total. The molecule has 0 fully saturated rings. The molecule has 148 valence electrons. The van der Waals surface area contributed by atoms with Crippen molar-refractivity contribution < 1.29 is 18.0 Å². The van der Waals surface area contributed by atoms with Crippen LogP contribution < -0.4 is 10.2 Å². The Morgan fingerprint density at radius 3 is 2.61 bits per heavy atom. The molecule has 0 aromatic heterocycles. The van der Waals surface area contributed by atoms with Gasteiger partial charge in [0.05, 0.1) is 10.1 Å². The predicted octanol–water partition coefficient (Wildman–Crippen LogP) is 3.10. The molecule has 1 aliphatic heterocycles. The normalized spacial score (nSPS) is 14.5. The average molecular weight is 401 g/mol. The van der Waals surface area contributed by atoms with Crippen LogP contribution in [0.2, 0.25) is 0 Å². The molecule has 0 saturated heterocycles. The maximum atomic E-state index is 12.9. The van der Waals surface area contributed by atoms with E-state index in [-0.39, 0.29) is 23.1 Å². The standard InChI is InChI=1S/C21H24N2O4S/c1-14-5-4-6-18(11-14)22-21(25)12-15(2)28(26,27)19-7-8-20-17(13-19)9-10-23(20)16(3)24/h4-8,11,13,15H,9-10,12H2,1-3H3,(H,22,25). The minimum absolute atomic E-state index is 0.0597. The van der Waals surface area contributed by atoms with E-state index in [9.17, 15) is 18.0 Å². The molecule has 0 bridgehead atoms. The van der Waals surface area contributed by atoms with Crippen molar-refractivity contribution in [2.45, 2.75) is 43.8 Å². The number of fused-ring (bicyclic) bond motifs is 1. The van der Waals surface area contributed by atoms with Gasteiger partial charge in [0.1, 0.15) is 0 Å². The molecule has 1 unspecified atom stereocenters. The molecule has 1 aliphatic rings. The largest absolute Gasteiger partial charge is 0.326 e. The number of nitrogens with one attached hydrogen (secondary N) is 1. The number of benzene rings is 2. The second kappa shape index (κ2) is 7.75. The molecule has 2 aromatic rings. The topological polar surface area (TPSA) is 83.6 Å². The van der Waals surface area contributed by atoms with Crippen molar-refractivity contribution in [3.05, 3.63) is 53.6 Å². The van der Waals surface area contributed by atoms with Crippen LogP contribution in [0, 0.1) is 6.92 Å². The highest BCUT2D eigenvalue weighted by Gasteiger charge is 2.29. The second-order valence-corrected chi connectivity index (χ2v) is 9.55. The molecule has 0 spiro atoms. The summed E-state index contributed by atoms with van der Waals surface area (Å²) in [6.45, 7) is 5.52. The summed E-state index contributed by atoms with van der Waals surface area (Å²) in [4.78, 5) is 25.8. The van der Waals surface area contributed by atoms with E-state index in [4.69, 9.17) is 0 Å². The van der Waals surface area contributed by atoms with Crippen LogP contribution in [-0.2, 0) is 25.8 Å². The first-order valence-electron chi connectivity index (χ1n) is 9.20. The van der Waals surface area contributed by atoms with Crippen LogP contribution in [0.4, 0.5) is 11.4 Å². The number of carbonyl (C=O) groups excluding carboxylic acids is 2. The molecule has 2 aromatic carbocycles. The zero-order valence-electron chi connectivity index (χ0n) is 16.2. The number of carbonyl (C=O) groups is 2. The van der Waals surface area contributed by atoms with Crippen molar-refractivity contribution >= 4 is 33.0 Å². The fourth-order valence-electron chi connectivity index (χ4n) is 3.42. The first-order chi connectivity index (χ1) is 13.2. The Hall–Kier alpha value is -2.67. The van der Waals surface area contributed by atoms with E-state index in [1.54, 1.807) is 30.0 Å². The third-order valence-electron chi connectivity index (χ3n) is 4.96. The summed E-state index contributed by atoms with van der Waals surface area (Å²) < 4.78 is 25.9. The first kappa shape index (κ1) is 20.1. The van der Waals surface area contributed by atoms with Crippen LogP contribution in [0.5, 0.6) is 0 Å². The lowest BCUT2D eigenvalue weighted by Gasteiger charge is -2.16. The van der Waals surface area contributed by atoms with Gasteiger partial charge in [-0.3, -0.25) is 9.59 Å². The predicted molar refractivity (Wildman–Crippen MR) is 109 cm³/mol. The van der Waals surface area contributed by atoms with Crippen LogP contribution in [0.1, 0.15) is 31.4 Å². The van der Waals surface area contributed by atoms with E-state index in [2.05, 4.69) is 5.32 Å². The van der Waals surface area contributed by atoms with Crippen molar-refractivity contribution in [1.82, 2.24) is 0 Å². The van der Waals surface area contributed by atoms with Gasteiger partial charge in [-0.05, 0) is 61.7 Å². The van der Waals surface area contributed by atoms with Gasteiger partial charge in [0.2, 0.25) is 11.8 Å². The zero-order chi connectivity index (χ0) is 20.5. The summed E-state index contributed by atoms with van der Waals surface area (Å²) in [6, 6.07) is 12.2. The molecule has 2 amide bonds. The van der Waals surface area contributed by atoms with Gasteiger partial charge in [0, 0.05) is 31.3 Å². The highest BCUT2D eigenvalue weighted by Crippen LogP contribution is 2.31. The Kier molecular flexibility index (Phi) is 5.56. The molecule has 0 saturated carbocycles. The summed E-state index contributed by atoms with van der Waals surface area (Å²) in [5, 5.41) is 1.89. The maximum Gasteiger partial charge on any atom is 0.225 e. The molecular formula is C21H24N2O4S. The fraction of sp³-hybridized carbons (Fsp3) is 0.333. The van der Waals surface area contributed by atoms with E-state index in [0.717, 1.165) is 16.8 Å². The number of amides is 2. The molecule has 1 heterocycles. The second-order valence-electron chi connectivity index (χ2n) is 7.19. The SMILES string of the molecule is CC(=O)N1CCc2cc(S(=O)(=O)C(C)CC(=O)Nc3cccc(C)c3)ccc21. The number of sulfone groups is 1. The Morgan fingerprint density at radius 2 is 1.93 bits per heavy atom. The number of aryl methyl sites for hydroxylation is 1. The van der Waals surface area contributed by atoms with E-state index in [0.29, 0.717) is 18.7 Å². The Bertz CT molecular complexity index is 1030. The molecule has 7 heteroatoms. The lowest BCUT2D eigenvalue weighted by atomic mass is 10.2. The average Bonchev–Trinajstić information content (AvgIpc) is 3.05. The van der Waals surface area contributed by atoms with Gasteiger partial charge in [0.15, 0.2) is 9.84 Å². The number of nitrogens with zero attached hydrogens (tertiary/aromatic N) is 1. The molecule has 0 aliphatic carbocycles. The monoisotopic (exact) mass is 400 g/mol. The fourth-order valence-corrected chi connectivity index (χ4v) is 4.82. The summed E-state index contributed by atoms with van der Waals surface area (Å²) in [7, 11) is -3.66. The highest BCUT2D eigenvalue weighted by molar-refractivity contribution is 7.92. The molecule has 0 radical (unpaired) electrons. The van der Waals surface area contributed by atoms with Gasteiger partial charge in [0.25, 0.3) is 0 Å². The summed E-state index contributed by atoms with van der Waals surface area (Å²) in [6.07, 6.45) is 0.493. The van der Waals surface area contributed by atoms with E-state index in [1.807, 2.05) is 25.1 Å². The Labute approximate surface area is 165 Å². The van der Waals surface area contributed by atoms with Gasteiger partial charge in [-0.2, -0.15) is 0 Å². The van der Waals surface area contributed by atoms with Crippen LogP contribution in [-0.4, -0.2) is 32.0 Å². The van der Waals surface area contributed by atoms with Gasteiger partial charge in [-0.1, -0.05) is 12.1 Å². The van der Waals surface area contributed by atoms with E-state index < -0.39 is 15.1 Å². The lowest BCUT2D eigenvalue weighted by molar-refractivity contribution is -0.117. The highest BCUT2D eigenvalue weighted by atomic mass is 32.2. The summed E-state index contributed by atoms with van der Waals surface area (Å²) in [5.41, 5.74) is 3.26. The molecule has 28 heavy (non-hydrogen) atoms. The van der Waals surface area contributed by atoms with Crippen molar-refractivity contribution in [2.24, 2.45) is 0 Å². The van der Waals surface area contributed by atoms with Gasteiger partial charge < -0.3 is 10.2 Å². The van der Waals surface area contributed by atoms with E-state index >= 15 is 0 Å². The number of anilines is 2. The Balaban J connectivity index is 1.73. The first-order valence-corrected chi connectivity index (χ1v) is 10.7. The minimum atomic E-state index is -3.66. The maximum absolute atomic E-state index is 12.9. The van der Waals surface area contributed by atoms with Crippen molar-refractivity contribution in [3.63, 3.8) is 0 Å². The number of hydrogen-bond acceptors (Lipinski definition) is 4. The lowest BCUT2D eigenvalue weighted by Crippen LogP contribution is -2.26. The van der Waals surface area contributed by atoms with Crippen molar-refractivity contribution in [2.75, 3.05) is 16.8 Å². The smallest absolute Gasteiger partial charge is 0.225 e. The quantitative estimate of drug-likeness (QED) is 0.836. The number of rotatable bonds is 5. The minimum Gasteiger partial charge on any atom is -0.326 e. The molecule has 6 nitrogen and oxygen atoms in total. The zero-order valence-corrected chi connectivity index (χ0v) is 17.0. The van der Waals surface area contributed by atoms with Gasteiger partial charge in [-0.15, -0.1) is 0 Å². The van der Waals surface area contributed by atoms with Crippen LogP contribution in [0.25, 0.3) is 0 Å². The van der Waals surface area contributed by atoms with Gasteiger partial charge in [-0.25, -0.2) is 8.42 Å². The third-order valence-corrected chi connectivity index (χ3v) is 7.10. The third kappa shape index (κ3) is 4.09. The van der Waals surface area contributed by atoms with Crippen LogP contribution >= 0.6 is 0 Å². The summed E-state index contributed by atoms with van der Waals surface area (Å²) in [5.74, 6) is -0.402. The summed E-state index contributed by atoms with van der Waals surface area (Å²) >= 11 is 0.